The van der Waals surface area contributed by atoms with E-state index in [9.17, 15) is 9.59 Å². The van der Waals surface area contributed by atoms with E-state index in [0.717, 1.165) is 0 Å². The zero-order chi connectivity index (χ0) is 20.4. The lowest BCUT2D eigenvalue weighted by Crippen LogP contribution is -2.13. The van der Waals surface area contributed by atoms with Crippen molar-refractivity contribution < 1.29 is 14.3 Å². The van der Waals surface area contributed by atoms with Crippen molar-refractivity contribution >= 4 is 23.3 Å². The van der Waals surface area contributed by atoms with Gasteiger partial charge in [-0.2, -0.15) is 0 Å². The number of Topliss-reactive ketones (excluding diaryl/α,β-unsaturated/α-hetero) is 2. The number of thioether (sulfide) groups is 1. The molecule has 0 spiro atoms. The average Bonchev–Trinajstić information content (AvgIpc) is 3.18. The normalized spacial score (nSPS) is 10.9. The third kappa shape index (κ3) is 3.53. The Balaban J connectivity index is 1.79. The van der Waals surface area contributed by atoms with Crippen LogP contribution in [0, 0.1) is 13.8 Å². The molecule has 0 aliphatic heterocycles. The Morgan fingerprint density at radius 3 is 2.61 bits per heavy atom. The summed E-state index contributed by atoms with van der Waals surface area (Å²) in [5, 5.41) is 8.62. The number of hydrogen-bond donors (Lipinski definition) is 2. The highest BCUT2D eigenvalue weighted by atomic mass is 32.2. The van der Waals surface area contributed by atoms with Crippen LogP contribution in [0.15, 0.2) is 29.4 Å². The summed E-state index contributed by atoms with van der Waals surface area (Å²) in [4.78, 5) is 27.4. The van der Waals surface area contributed by atoms with Crippen molar-refractivity contribution in [1.29, 1.82) is 0 Å². The second-order valence-electron chi connectivity index (χ2n) is 6.27. The minimum atomic E-state index is -0.139. The Bertz CT molecular complexity index is 1050. The molecule has 0 saturated heterocycles. The number of H-pyrrole nitrogens is 1. The number of nitrogen functional groups attached to an aromatic ring is 1. The highest BCUT2D eigenvalue weighted by molar-refractivity contribution is 7.99. The maximum absolute atomic E-state index is 12.6. The van der Waals surface area contributed by atoms with E-state index < -0.39 is 0 Å². The zero-order valence-electron chi connectivity index (χ0n) is 16.1. The highest BCUT2D eigenvalue weighted by Gasteiger charge is 2.21. The predicted octanol–water partition coefficient (Wildman–Crippen LogP) is 2.79. The lowest BCUT2D eigenvalue weighted by atomic mass is 10.1. The molecule has 146 valence electrons. The molecule has 2 aromatic heterocycles. The number of para-hydroxylation sites is 1. The smallest absolute Gasteiger partial charge is 0.210 e. The van der Waals surface area contributed by atoms with Gasteiger partial charge in [0.15, 0.2) is 17.4 Å². The van der Waals surface area contributed by atoms with Gasteiger partial charge in [0.1, 0.15) is 5.75 Å². The number of aromatic nitrogens is 4. The molecule has 0 bridgehead atoms. The van der Waals surface area contributed by atoms with Crippen LogP contribution in [0.2, 0.25) is 0 Å². The fourth-order valence-corrected chi connectivity index (χ4v) is 3.88. The molecular formula is C19H21N5O3S. The Kier molecular flexibility index (Phi) is 5.55. The van der Waals surface area contributed by atoms with Crippen LogP contribution in [-0.2, 0) is 0 Å². The van der Waals surface area contributed by atoms with E-state index in [-0.39, 0.29) is 17.3 Å². The van der Waals surface area contributed by atoms with Crippen LogP contribution < -0.4 is 10.6 Å². The Labute approximate surface area is 166 Å². The van der Waals surface area contributed by atoms with Crippen molar-refractivity contribution in [1.82, 2.24) is 19.9 Å². The monoisotopic (exact) mass is 399 g/mol. The number of aryl methyl sites for hydroxylation is 1. The average molecular weight is 399 g/mol. The molecule has 3 aromatic rings. The van der Waals surface area contributed by atoms with Crippen LogP contribution in [0.3, 0.4) is 0 Å². The Morgan fingerprint density at radius 2 is 1.96 bits per heavy atom. The van der Waals surface area contributed by atoms with E-state index in [2.05, 4.69) is 15.2 Å². The molecule has 0 unspecified atom stereocenters. The van der Waals surface area contributed by atoms with Gasteiger partial charge in [0, 0.05) is 11.3 Å². The van der Waals surface area contributed by atoms with Crippen molar-refractivity contribution in [2.75, 3.05) is 18.7 Å². The predicted molar refractivity (Wildman–Crippen MR) is 107 cm³/mol. The van der Waals surface area contributed by atoms with Crippen molar-refractivity contribution in [2.24, 2.45) is 0 Å². The number of rotatable bonds is 7. The van der Waals surface area contributed by atoms with Gasteiger partial charge >= 0.3 is 0 Å². The first-order chi connectivity index (χ1) is 13.3. The molecule has 1 aromatic carbocycles. The van der Waals surface area contributed by atoms with Gasteiger partial charge in [0.2, 0.25) is 5.16 Å². The van der Waals surface area contributed by atoms with Gasteiger partial charge in [-0.3, -0.25) is 9.59 Å². The SMILES string of the molecule is COc1ccccc1-c1nnc(SCC(=O)c2[nH]c(C)c(C(C)=O)c2C)n1N. The quantitative estimate of drug-likeness (QED) is 0.356. The lowest BCUT2D eigenvalue weighted by molar-refractivity contribution is 0.101. The summed E-state index contributed by atoms with van der Waals surface area (Å²) < 4.78 is 6.67. The first kappa shape index (κ1) is 19.7. The van der Waals surface area contributed by atoms with Gasteiger partial charge in [-0.05, 0) is 38.5 Å². The number of methoxy groups -OCH3 is 1. The van der Waals surface area contributed by atoms with E-state index >= 15 is 0 Å². The van der Waals surface area contributed by atoms with Crippen molar-refractivity contribution in [3.8, 4) is 17.1 Å². The number of carbonyl (C=O) groups is 2. The first-order valence-electron chi connectivity index (χ1n) is 8.55. The van der Waals surface area contributed by atoms with Crippen molar-refractivity contribution in [3.05, 3.63) is 46.8 Å². The summed E-state index contributed by atoms with van der Waals surface area (Å²) >= 11 is 1.18. The maximum Gasteiger partial charge on any atom is 0.210 e. The van der Waals surface area contributed by atoms with Crippen molar-refractivity contribution in [3.63, 3.8) is 0 Å². The minimum Gasteiger partial charge on any atom is -0.496 e. The Morgan fingerprint density at radius 1 is 1.25 bits per heavy atom. The molecule has 3 N–H and O–H groups in total. The third-order valence-electron chi connectivity index (χ3n) is 4.41. The summed E-state index contributed by atoms with van der Waals surface area (Å²) in [6.07, 6.45) is 0. The molecule has 0 radical (unpaired) electrons. The molecule has 9 heteroatoms. The second-order valence-corrected chi connectivity index (χ2v) is 7.21. The second kappa shape index (κ2) is 7.89. The number of nitrogens with zero attached hydrogens (tertiary/aromatic N) is 3. The van der Waals surface area contributed by atoms with Gasteiger partial charge in [-0.15, -0.1) is 10.2 Å². The number of nitrogens with one attached hydrogen (secondary N) is 1. The van der Waals surface area contributed by atoms with Gasteiger partial charge in [-0.1, -0.05) is 23.9 Å². The van der Waals surface area contributed by atoms with Crippen LogP contribution in [0.25, 0.3) is 11.4 Å². The molecule has 2 heterocycles. The minimum absolute atomic E-state index is 0.0684. The maximum atomic E-state index is 12.6. The number of ketones is 2. The molecule has 0 amide bonds. The molecule has 8 nitrogen and oxygen atoms in total. The molecule has 0 fully saturated rings. The van der Waals surface area contributed by atoms with E-state index in [1.165, 1.54) is 23.4 Å². The summed E-state index contributed by atoms with van der Waals surface area (Å²) in [5.41, 5.74) is 3.07. The largest absolute Gasteiger partial charge is 0.496 e. The highest BCUT2D eigenvalue weighted by Crippen LogP contribution is 2.29. The lowest BCUT2D eigenvalue weighted by Gasteiger charge is -2.07. The van der Waals surface area contributed by atoms with E-state index in [1.807, 2.05) is 24.3 Å². The number of aromatic amines is 1. The summed E-state index contributed by atoms with van der Waals surface area (Å²) in [6, 6.07) is 7.35. The molecule has 28 heavy (non-hydrogen) atoms. The van der Waals surface area contributed by atoms with Gasteiger partial charge in [0.25, 0.3) is 0 Å². The molecule has 0 aliphatic rings. The molecule has 0 saturated carbocycles. The molecule has 0 aliphatic carbocycles. The van der Waals surface area contributed by atoms with E-state index in [0.29, 0.717) is 44.8 Å². The number of benzene rings is 1. The topological polar surface area (TPSA) is 116 Å². The van der Waals surface area contributed by atoms with Crippen LogP contribution in [0.1, 0.15) is 39.0 Å². The van der Waals surface area contributed by atoms with Crippen LogP contribution >= 0.6 is 11.8 Å². The fourth-order valence-electron chi connectivity index (χ4n) is 3.15. The van der Waals surface area contributed by atoms with Gasteiger partial charge in [-0.25, -0.2) is 4.68 Å². The van der Waals surface area contributed by atoms with Crippen molar-refractivity contribution in [2.45, 2.75) is 25.9 Å². The van der Waals surface area contributed by atoms with Crippen LogP contribution in [0.4, 0.5) is 0 Å². The summed E-state index contributed by atoms with van der Waals surface area (Å²) in [7, 11) is 1.57. The summed E-state index contributed by atoms with van der Waals surface area (Å²) in [6.45, 7) is 5.04. The van der Waals surface area contributed by atoms with E-state index in [4.69, 9.17) is 10.6 Å². The van der Waals surface area contributed by atoms with E-state index in [1.54, 1.807) is 21.0 Å². The zero-order valence-corrected chi connectivity index (χ0v) is 16.9. The standard InChI is InChI=1S/C19H21N5O3S/c1-10-16(12(3)25)11(2)21-17(10)14(26)9-28-19-23-22-18(24(19)20)13-7-5-6-8-15(13)27-4/h5-8,21H,9,20H2,1-4H3. The first-order valence-corrected chi connectivity index (χ1v) is 9.53. The number of ether oxygens (including phenoxy) is 1. The number of hydrogen-bond acceptors (Lipinski definition) is 7. The molecule has 3 rings (SSSR count). The van der Waals surface area contributed by atoms with Crippen LogP contribution in [-0.4, -0.2) is 44.3 Å². The van der Waals surface area contributed by atoms with Gasteiger partial charge < -0.3 is 15.6 Å². The molecular weight excluding hydrogens is 378 g/mol. The number of nitrogens with two attached hydrogens (primary N) is 1. The van der Waals surface area contributed by atoms with Gasteiger partial charge in [0.05, 0.1) is 24.1 Å². The molecule has 0 atom stereocenters. The Hall–Kier alpha value is -3.07. The van der Waals surface area contributed by atoms with Crippen LogP contribution in [0.5, 0.6) is 5.75 Å². The fraction of sp³-hybridized carbons (Fsp3) is 0.263. The number of carbonyl (C=O) groups excluding carboxylic acids is 2. The summed E-state index contributed by atoms with van der Waals surface area (Å²) in [5.74, 6) is 7.11. The third-order valence-corrected chi connectivity index (χ3v) is 5.36.